The Morgan fingerprint density at radius 1 is 1.32 bits per heavy atom. The van der Waals surface area contributed by atoms with E-state index in [0.29, 0.717) is 6.42 Å². The predicted octanol–water partition coefficient (Wildman–Crippen LogP) is 4.22. The van der Waals surface area contributed by atoms with Gasteiger partial charge >= 0.3 is 0 Å². The van der Waals surface area contributed by atoms with E-state index in [1.54, 1.807) is 18.9 Å². The number of methoxy groups -OCH3 is 1. The fourth-order valence-electron chi connectivity index (χ4n) is 2.31. The van der Waals surface area contributed by atoms with Gasteiger partial charge in [0.2, 0.25) is 0 Å². The fourth-order valence-corrected chi connectivity index (χ4v) is 3.48. The standard InChI is InChI=1S/C17H17N3OS/c1-4-12(13(10-18)11-19)8-17-20(5-2)15-9-14(21-3)6-7-16(15)22-17/h6-9H,4-5H2,1-3H3. The molecule has 0 saturated heterocycles. The molecule has 22 heavy (non-hydrogen) atoms. The molecule has 0 amide bonds. The quantitative estimate of drug-likeness (QED) is 0.779. The molecule has 112 valence electrons. The molecule has 5 heteroatoms. The van der Waals surface area contributed by atoms with E-state index in [9.17, 15) is 0 Å². The van der Waals surface area contributed by atoms with Gasteiger partial charge in [-0.05, 0) is 37.1 Å². The van der Waals surface area contributed by atoms with Crippen LogP contribution in [0.3, 0.4) is 0 Å². The number of allylic oxidation sites excluding steroid dienone is 3. The second-order valence-electron chi connectivity index (χ2n) is 4.64. The lowest BCUT2D eigenvalue weighted by Crippen LogP contribution is -2.16. The van der Waals surface area contributed by atoms with Crippen molar-refractivity contribution in [1.82, 2.24) is 0 Å². The lowest BCUT2D eigenvalue weighted by atomic mass is 10.1. The van der Waals surface area contributed by atoms with Gasteiger partial charge in [0.25, 0.3) is 0 Å². The van der Waals surface area contributed by atoms with Crippen LogP contribution in [-0.4, -0.2) is 13.7 Å². The number of anilines is 1. The number of nitrogens with zero attached hydrogens (tertiary/aromatic N) is 3. The van der Waals surface area contributed by atoms with Gasteiger partial charge in [-0.15, -0.1) is 0 Å². The zero-order chi connectivity index (χ0) is 16.1. The molecular formula is C17H17N3OS. The molecule has 0 aromatic heterocycles. The maximum Gasteiger partial charge on any atom is 0.132 e. The number of fused-ring (bicyclic) bond motifs is 1. The van der Waals surface area contributed by atoms with Gasteiger partial charge in [-0.3, -0.25) is 0 Å². The van der Waals surface area contributed by atoms with E-state index in [1.165, 1.54) is 0 Å². The number of ether oxygens (including phenoxy) is 1. The van der Waals surface area contributed by atoms with Crippen molar-refractivity contribution in [3.05, 3.63) is 40.5 Å². The van der Waals surface area contributed by atoms with Crippen LogP contribution < -0.4 is 9.64 Å². The monoisotopic (exact) mass is 311 g/mol. The number of benzene rings is 1. The third-order valence-corrected chi connectivity index (χ3v) is 4.59. The summed E-state index contributed by atoms with van der Waals surface area (Å²) in [5.41, 5.74) is 2.05. The molecule has 0 unspecified atom stereocenters. The van der Waals surface area contributed by atoms with E-state index < -0.39 is 0 Å². The molecular weight excluding hydrogens is 294 g/mol. The first-order valence-corrected chi connectivity index (χ1v) is 7.88. The van der Waals surface area contributed by atoms with E-state index >= 15 is 0 Å². The van der Waals surface area contributed by atoms with Crippen LogP contribution in [0.2, 0.25) is 0 Å². The highest BCUT2D eigenvalue weighted by Gasteiger charge is 2.24. The molecule has 0 atom stereocenters. The van der Waals surface area contributed by atoms with Crippen molar-refractivity contribution in [1.29, 1.82) is 10.5 Å². The van der Waals surface area contributed by atoms with E-state index in [1.807, 2.05) is 43.3 Å². The van der Waals surface area contributed by atoms with Crippen LogP contribution in [-0.2, 0) is 0 Å². The molecule has 1 heterocycles. The molecule has 1 aliphatic rings. The molecule has 0 radical (unpaired) electrons. The average molecular weight is 311 g/mol. The first-order chi connectivity index (χ1) is 10.7. The van der Waals surface area contributed by atoms with Crippen LogP contribution in [0.25, 0.3) is 0 Å². The van der Waals surface area contributed by atoms with Crippen LogP contribution in [0.5, 0.6) is 5.75 Å². The predicted molar refractivity (Wildman–Crippen MR) is 88.5 cm³/mol. The number of nitriles is 2. The van der Waals surface area contributed by atoms with Crippen molar-refractivity contribution >= 4 is 17.4 Å². The van der Waals surface area contributed by atoms with Gasteiger partial charge in [-0.1, -0.05) is 18.7 Å². The Kier molecular flexibility index (Phi) is 5.14. The highest BCUT2D eigenvalue weighted by molar-refractivity contribution is 8.03. The Morgan fingerprint density at radius 2 is 2.05 bits per heavy atom. The maximum absolute atomic E-state index is 9.07. The third kappa shape index (κ3) is 2.95. The Hall–Kier alpha value is -2.37. The lowest BCUT2D eigenvalue weighted by Gasteiger charge is -2.18. The molecule has 0 aliphatic carbocycles. The number of rotatable bonds is 4. The zero-order valence-corrected chi connectivity index (χ0v) is 13.7. The smallest absolute Gasteiger partial charge is 0.132 e. The summed E-state index contributed by atoms with van der Waals surface area (Å²) in [7, 11) is 1.65. The van der Waals surface area contributed by atoms with Crippen LogP contribution >= 0.6 is 11.8 Å². The van der Waals surface area contributed by atoms with Gasteiger partial charge in [0.1, 0.15) is 23.5 Å². The van der Waals surface area contributed by atoms with Gasteiger partial charge in [-0.25, -0.2) is 0 Å². The van der Waals surface area contributed by atoms with E-state index in [4.69, 9.17) is 15.3 Å². The van der Waals surface area contributed by atoms with Gasteiger partial charge in [0, 0.05) is 17.5 Å². The summed E-state index contributed by atoms with van der Waals surface area (Å²) in [6, 6.07) is 9.94. The first-order valence-electron chi connectivity index (χ1n) is 7.06. The second-order valence-corrected chi connectivity index (χ2v) is 5.70. The molecule has 4 nitrogen and oxygen atoms in total. The minimum atomic E-state index is 0.181. The van der Waals surface area contributed by atoms with E-state index in [2.05, 4.69) is 11.8 Å². The minimum Gasteiger partial charge on any atom is -0.497 e. The molecule has 0 fully saturated rings. The van der Waals surface area contributed by atoms with Crippen molar-refractivity contribution in [2.45, 2.75) is 25.2 Å². The summed E-state index contributed by atoms with van der Waals surface area (Å²) < 4.78 is 5.29. The Bertz CT molecular complexity index is 706. The van der Waals surface area contributed by atoms with Crippen LogP contribution in [0, 0.1) is 22.7 Å². The highest BCUT2D eigenvalue weighted by Crippen LogP contribution is 2.47. The maximum atomic E-state index is 9.07. The minimum absolute atomic E-state index is 0.181. The van der Waals surface area contributed by atoms with E-state index in [0.717, 1.165) is 33.5 Å². The molecule has 0 N–H and O–H groups in total. The molecule has 0 spiro atoms. The Balaban J connectivity index is 2.47. The summed E-state index contributed by atoms with van der Waals surface area (Å²) >= 11 is 1.65. The summed E-state index contributed by atoms with van der Waals surface area (Å²) in [6.45, 7) is 4.84. The summed E-state index contributed by atoms with van der Waals surface area (Å²) in [5, 5.41) is 19.2. The molecule has 1 aromatic carbocycles. The van der Waals surface area contributed by atoms with Crippen LogP contribution in [0.4, 0.5) is 5.69 Å². The largest absolute Gasteiger partial charge is 0.497 e. The van der Waals surface area contributed by atoms with Gasteiger partial charge in [0.15, 0.2) is 0 Å². The topological polar surface area (TPSA) is 60.0 Å². The second kappa shape index (κ2) is 7.06. The number of thioether (sulfide) groups is 1. The van der Waals surface area contributed by atoms with Crippen LogP contribution in [0.15, 0.2) is 45.3 Å². The first kappa shape index (κ1) is 16.0. The van der Waals surface area contributed by atoms with Gasteiger partial charge in [0.05, 0.1) is 17.8 Å². The van der Waals surface area contributed by atoms with Crippen molar-refractivity contribution in [3.8, 4) is 17.9 Å². The normalized spacial score (nSPS) is 14.2. The number of hydrogen-bond donors (Lipinski definition) is 0. The number of hydrogen-bond acceptors (Lipinski definition) is 5. The molecule has 1 aliphatic heterocycles. The third-order valence-electron chi connectivity index (χ3n) is 3.48. The molecule has 0 saturated carbocycles. The molecule has 0 bridgehead atoms. The SMILES string of the molecule is CCC(C=C1Sc2ccc(OC)cc2N1CC)=C(C#N)C#N. The zero-order valence-electron chi connectivity index (χ0n) is 12.9. The average Bonchev–Trinajstić information content (AvgIpc) is 2.90. The van der Waals surface area contributed by atoms with Crippen molar-refractivity contribution < 1.29 is 4.74 Å². The lowest BCUT2D eigenvalue weighted by molar-refractivity contribution is 0.414. The van der Waals surface area contributed by atoms with Crippen LogP contribution in [0.1, 0.15) is 20.3 Å². The van der Waals surface area contributed by atoms with E-state index in [-0.39, 0.29) is 5.57 Å². The summed E-state index contributed by atoms with van der Waals surface area (Å²) in [4.78, 5) is 3.32. The summed E-state index contributed by atoms with van der Waals surface area (Å²) in [5.74, 6) is 0.819. The van der Waals surface area contributed by atoms with Crippen molar-refractivity contribution in [2.24, 2.45) is 0 Å². The van der Waals surface area contributed by atoms with Gasteiger partial charge < -0.3 is 9.64 Å². The molecule has 1 aromatic rings. The Labute approximate surface area is 135 Å². The highest BCUT2D eigenvalue weighted by atomic mass is 32.2. The Morgan fingerprint density at radius 3 is 2.59 bits per heavy atom. The fraction of sp³-hybridized carbons (Fsp3) is 0.294. The van der Waals surface area contributed by atoms with Gasteiger partial charge in [-0.2, -0.15) is 10.5 Å². The molecule has 2 rings (SSSR count). The van der Waals surface area contributed by atoms with Crippen molar-refractivity contribution in [3.63, 3.8) is 0 Å². The van der Waals surface area contributed by atoms with Crippen molar-refractivity contribution in [2.75, 3.05) is 18.6 Å². The summed E-state index contributed by atoms with van der Waals surface area (Å²) in [6.07, 6.45) is 2.60.